The number of halogens is 1. The molecule has 0 unspecified atom stereocenters. The molecule has 7 heteroatoms. The van der Waals surface area contributed by atoms with Gasteiger partial charge < -0.3 is 10.5 Å². The number of aromatic nitrogens is 4. The molecule has 0 saturated heterocycles. The number of anilines is 1. The number of methoxy groups -OCH3 is 1. The first kappa shape index (κ1) is 13.9. The normalized spacial score (nSPS) is 11.3. The molecule has 6 nitrogen and oxygen atoms in total. The molecule has 0 spiro atoms. The number of nitrogens with two attached hydrogens (primary N) is 1. The van der Waals surface area contributed by atoms with Crippen LogP contribution in [0.2, 0.25) is 0 Å². The molecule has 3 aromatic heterocycles. The molecule has 3 aromatic rings. The maximum absolute atomic E-state index is 6.28. The van der Waals surface area contributed by atoms with Crippen molar-refractivity contribution in [2.24, 2.45) is 7.05 Å². The minimum atomic E-state index is 0.570. The zero-order valence-corrected chi connectivity index (χ0v) is 13.9. The Labute approximate surface area is 130 Å². The summed E-state index contributed by atoms with van der Waals surface area (Å²) < 4.78 is 9.97. The van der Waals surface area contributed by atoms with Gasteiger partial charge in [0.15, 0.2) is 0 Å². The van der Waals surface area contributed by atoms with E-state index in [1.54, 1.807) is 11.8 Å². The minimum Gasteiger partial charge on any atom is -0.481 e. The molecule has 3 rings (SSSR count). The molecule has 0 radical (unpaired) electrons. The quantitative estimate of drug-likeness (QED) is 0.772. The van der Waals surface area contributed by atoms with Gasteiger partial charge in [0.2, 0.25) is 5.88 Å². The molecule has 0 aliphatic rings. The maximum atomic E-state index is 6.28. The highest BCUT2D eigenvalue weighted by Crippen LogP contribution is 2.36. The fraction of sp³-hybridized carbons (Fsp3) is 0.286. The number of hydrogen-bond donors (Lipinski definition) is 1. The minimum absolute atomic E-state index is 0.570. The van der Waals surface area contributed by atoms with Crippen LogP contribution < -0.4 is 10.5 Å². The van der Waals surface area contributed by atoms with E-state index in [9.17, 15) is 0 Å². The van der Waals surface area contributed by atoms with E-state index in [4.69, 9.17) is 10.5 Å². The number of nitrogen functional groups attached to an aromatic ring is 1. The third-order valence-corrected chi connectivity index (χ3v) is 4.37. The largest absolute Gasteiger partial charge is 0.481 e. The Balaban J connectivity index is 2.34. The number of hydrogen-bond acceptors (Lipinski definition) is 4. The average molecular weight is 350 g/mol. The summed E-state index contributed by atoms with van der Waals surface area (Å²) in [6.07, 6.45) is 1.93. The van der Waals surface area contributed by atoms with Crippen LogP contribution in [-0.2, 0) is 7.05 Å². The van der Waals surface area contributed by atoms with Crippen LogP contribution in [0, 0.1) is 13.8 Å². The van der Waals surface area contributed by atoms with Crippen LogP contribution in [0.1, 0.15) is 11.3 Å². The van der Waals surface area contributed by atoms with Crippen molar-refractivity contribution in [2.45, 2.75) is 13.8 Å². The van der Waals surface area contributed by atoms with E-state index in [1.807, 2.05) is 37.6 Å². The molecule has 0 aliphatic carbocycles. The summed E-state index contributed by atoms with van der Waals surface area (Å²) in [7, 11) is 3.45. The molecule has 21 heavy (non-hydrogen) atoms. The average Bonchev–Trinajstić information content (AvgIpc) is 2.88. The number of fused-ring (bicyclic) bond motifs is 1. The Hall–Kier alpha value is -2.02. The Morgan fingerprint density at radius 1 is 1.33 bits per heavy atom. The second kappa shape index (κ2) is 4.77. The van der Waals surface area contributed by atoms with Crippen LogP contribution in [0.15, 0.2) is 16.7 Å². The summed E-state index contributed by atoms with van der Waals surface area (Å²) in [6.45, 7) is 3.94. The van der Waals surface area contributed by atoms with Gasteiger partial charge in [-0.2, -0.15) is 5.10 Å². The van der Waals surface area contributed by atoms with Crippen molar-refractivity contribution in [2.75, 3.05) is 12.8 Å². The molecular weight excluding hydrogens is 334 g/mol. The highest BCUT2D eigenvalue weighted by atomic mass is 79.9. The number of aryl methyl sites for hydroxylation is 3. The molecule has 0 saturated carbocycles. The van der Waals surface area contributed by atoms with Crippen LogP contribution in [0.5, 0.6) is 5.88 Å². The van der Waals surface area contributed by atoms with Gasteiger partial charge in [0.1, 0.15) is 17.2 Å². The van der Waals surface area contributed by atoms with Crippen LogP contribution in [-0.4, -0.2) is 26.3 Å². The zero-order chi connectivity index (χ0) is 15.3. The Bertz CT molecular complexity index is 849. The number of rotatable bonds is 2. The van der Waals surface area contributed by atoms with E-state index >= 15 is 0 Å². The van der Waals surface area contributed by atoms with Crippen molar-refractivity contribution in [3.05, 3.63) is 28.0 Å². The van der Waals surface area contributed by atoms with Crippen molar-refractivity contribution in [1.29, 1.82) is 0 Å². The molecule has 0 bridgehead atoms. The van der Waals surface area contributed by atoms with E-state index in [-0.39, 0.29) is 0 Å². The Kier molecular flexibility index (Phi) is 3.16. The first-order valence-corrected chi connectivity index (χ1v) is 7.25. The van der Waals surface area contributed by atoms with Crippen molar-refractivity contribution in [1.82, 2.24) is 19.2 Å². The predicted octanol–water partition coefficient (Wildman–Crippen LogP) is 2.70. The third kappa shape index (κ3) is 1.99. The predicted molar refractivity (Wildman–Crippen MR) is 85.5 cm³/mol. The summed E-state index contributed by atoms with van der Waals surface area (Å²) >= 11 is 3.52. The Morgan fingerprint density at radius 2 is 2.05 bits per heavy atom. The van der Waals surface area contributed by atoms with Gasteiger partial charge in [0.05, 0.1) is 18.4 Å². The lowest BCUT2D eigenvalue weighted by Gasteiger charge is -2.03. The second-order valence-electron chi connectivity index (χ2n) is 4.97. The second-order valence-corrected chi connectivity index (χ2v) is 5.83. The van der Waals surface area contributed by atoms with Gasteiger partial charge in [-0.1, -0.05) is 0 Å². The molecule has 2 N–H and O–H groups in total. The molecule has 3 heterocycles. The van der Waals surface area contributed by atoms with Crippen LogP contribution in [0.4, 0.5) is 5.82 Å². The first-order valence-electron chi connectivity index (χ1n) is 6.45. The van der Waals surface area contributed by atoms with Gasteiger partial charge in [0, 0.05) is 17.7 Å². The first-order chi connectivity index (χ1) is 9.93. The number of imidazole rings is 1. The van der Waals surface area contributed by atoms with E-state index in [2.05, 4.69) is 26.0 Å². The van der Waals surface area contributed by atoms with Gasteiger partial charge in [-0.3, -0.25) is 4.40 Å². The summed E-state index contributed by atoms with van der Waals surface area (Å²) in [5.41, 5.74) is 10.5. The number of ether oxygens (including phenoxy) is 1. The van der Waals surface area contributed by atoms with Gasteiger partial charge in [-0.05, 0) is 41.4 Å². The molecular formula is C14H16BrN5O. The number of pyridine rings is 1. The van der Waals surface area contributed by atoms with Gasteiger partial charge in [-0.25, -0.2) is 9.67 Å². The van der Waals surface area contributed by atoms with Crippen molar-refractivity contribution in [3.8, 4) is 17.1 Å². The molecule has 0 aromatic carbocycles. The van der Waals surface area contributed by atoms with E-state index < -0.39 is 0 Å². The summed E-state index contributed by atoms with van der Waals surface area (Å²) in [4.78, 5) is 4.65. The zero-order valence-electron chi connectivity index (χ0n) is 12.3. The Morgan fingerprint density at radius 3 is 2.71 bits per heavy atom. The molecule has 0 amide bonds. The van der Waals surface area contributed by atoms with Crippen molar-refractivity contribution in [3.63, 3.8) is 0 Å². The van der Waals surface area contributed by atoms with E-state index in [0.29, 0.717) is 17.4 Å². The van der Waals surface area contributed by atoms with E-state index in [0.717, 1.165) is 26.9 Å². The molecule has 0 fully saturated rings. The van der Waals surface area contributed by atoms with Crippen LogP contribution >= 0.6 is 15.9 Å². The van der Waals surface area contributed by atoms with Crippen LogP contribution in [0.3, 0.4) is 0 Å². The molecule has 0 aliphatic heterocycles. The van der Waals surface area contributed by atoms with E-state index in [1.165, 1.54) is 0 Å². The molecule has 0 atom stereocenters. The number of nitrogens with zero attached hydrogens (tertiary/aromatic N) is 4. The van der Waals surface area contributed by atoms with Crippen molar-refractivity contribution >= 4 is 27.4 Å². The molecule has 110 valence electrons. The fourth-order valence-electron chi connectivity index (χ4n) is 2.51. The monoisotopic (exact) mass is 349 g/mol. The topological polar surface area (TPSA) is 70.4 Å². The fourth-order valence-corrected chi connectivity index (χ4v) is 2.83. The summed E-state index contributed by atoms with van der Waals surface area (Å²) in [5.74, 6) is 1.22. The summed E-state index contributed by atoms with van der Waals surface area (Å²) in [6, 6.07) is 1.99. The SMILES string of the molecule is COc1c(-c2nc3cc(C)c(Br)cn3c2N)c(C)nn1C. The lowest BCUT2D eigenvalue weighted by atomic mass is 10.2. The summed E-state index contributed by atoms with van der Waals surface area (Å²) in [5, 5.41) is 4.38. The maximum Gasteiger partial charge on any atom is 0.221 e. The standard InChI is InChI=1S/C14H16BrN5O/c1-7-5-10-17-12(13(16)20(10)6-9(7)15)11-8(2)18-19(3)14(11)21-4/h5-6H,16H2,1-4H3. The van der Waals surface area contributed by atoms with Gasteiger partial charge in [-0.15, -0.1) is 0 Å². The lowest BCUT2D eigenvalue weighted by molar-refractivity contribution is 0.374. The highest BCUT2D eigenvalue weighted by Gasteiger charge is 2.22. The third-order valence-electron chi connectivity index (χ3n) is 3.54. The lowest BCUT2D eigenvalue weighted by Crippen LogP contribution is -1.97. The smallest absolute Gasteiger partial charge is 0.221 e. The van der Waals surface area contributed by atoms with Crippen molar-refractivity contribution < 1.29 is 4.74 Å². The highest BCUT2D eigenvalue weighted by molar-refractivity contribution is 9.10. The van der Waals surface area contributed by atoms with Gasteiger partial charge >= 0.3 is 0 Å². The van der Waals surface area contributed by atoms with Gasteiger partial charge in [0.25, 0.3) is 0 Å². The van der Waals surface area contributed by atoms with Crippen LogP contribution in [0.25, 0.3) is 16.9 Å².